The number of carbonyl (C=O) groups is 3. The predicted molar refractivity (Wildman–Crippen MR) is 92.6 cm³/mol. The van der Waals surface area contributed by atoms with E-state index in [2.05, 4.69) is 15.5 Å². The Labute approximate surface area is 150 Å². The van der Waals surface area contributed by atoms with Crippen molar-refractivity contribution in [2.45, 2.75) is 25.4 Å². The Morgan fingerprint density at radius 2 is 1.88 bits per heavy atom. The van der Waals surface area contributed by atoms with Crippen LogP contribution in [0.15, 0.2) is 12.1 Å². The number of rotatable bonds is 2. The van der Waals surface area contributed by atoms with Crippen LogP contribution in [0.4, 0.5) is 5.69 Å². The number of hydrogen-bond donors (Lipinski definition) is 2. The number of amides is 3. The molecule has 2 N–H and O–H groups in total. The Morgan fingerprint density at radius 3 is 2.60 bits per heavy atom. The van der Waals surface area contributed by atoms with Crippen molar-refractivity contribution in [3.8, 4) is 0 Å². The lowest BCUT2D eigenvalue weighted by atomic mass is 10.0. The lowest BCUT2D eigenvalue weighted by Gasteiger charge is -2.30. The lowest BCUT2D eigenvalue weighted by molar-refractivity contribution is -0.136. The van der Waals surface area contributed by atoms with Gasteiger partial charge in [0.25, 0.3) is 5.91 Å². The zero-order valence-corrected chi connectivity index (χ0v) is 14.4. The quantitative estimate of drug-likeness (QED) is 0.749. The van der Waals surface area contributed by atoms with Crippen molar-refractivity contribution in [1.29, 1.82) is 0 Å². The van der Waals surface area contributed by atoms with Crippen LogP contribution in [0, 0.1) is 0 Å². The molecule has 3 amide bonds. The fraction of sp³-hybridized carbons (Fsp3) is 0.471. The van der Waals surface area contributed by atoms with Gasteiger partial charge in [-0.05, 0) is 18.6 Å². The molecule has 0 aromatic heterocycles. The van der Waals surface area contributed by atoms with E-state index in [1.54, 1.807) is 6.07 Å². The fourth-order valence-electron chi connectivity index (χ4n) is 3.74. The van der Waals surface area contributed by atoms with Gasteiger partial charge in [-0.1, -0.05) is 11.6 Å². The molecule has 0 radical (unpaired) electrons. The second-order valence-corrected chi connectivity index (χ2v) is 6.94. The Morgan fingerprint density at radius 1 is 1.12 bits per heavy atom. The minimum absolute atomic E-state index is 0.196. The van der Waals surface area contributed by atoms with Gasteiger partial charge in [0, 0.05) is 50.3 Å². The molecule has 3 aliphatic heterocycles. The standard InChI is InChI=1S/C17H19ClN4O3/c18-15-11-9-22(13-3-4-14(23)20-16(13)24)17(25)10(11)1-2-12(15)21-7-5-19-6-8-21/h1-2,13,19H,3-9H2,(H,20,23,24). The summed E-state index contributed by atoms with van der Waals surface area (Å²) in [6.45, 7) is 3.83. The number of imide groups is 1. The normalized spacial score (nSPS) is 23.7. The van der Waals surface area contributed by atoms with E-state index >= 15 is 0 Å². The van der Waals surface area contributed by atoms with Crippen LogP contribution < -0.4 is 15.5 Å². The summed E-state index contributed by atoms with van der Waals surface area (Å²) in [5, 5.41) is 6.20. The highest BCUT2D eigenvalue weighted by Crippen LogP contribution is 2.38. The summed E-state index contributed by atoms with van der Waals surface area (Å²) in [5.74, 6) is -0.890. The van der Waals surface area contributed by atoms with Gasteiger partial charge in [-0.15, -0.1) is 0 Å². The van der Waals surface area contributed by atoms with Crippen molar-refractivity contribution >= 4 is 35.0 Å². The van der Waals surface area contributed by atoms with Gasteiger partial charge in [0.2, 0.25) is 11.8 Å². The number of piperazine rings is 1. The molecule has 2 fully saturated rings. The number of halogens is 1. The number of benzene rings is 1. The molecular weight excluding hydrogens is 344 g/mol. The fourth-order valence-corrected chi connectivity index (χ4v) is 4.09. The summed E-state index contributed by atoms with van der Waals surface area (Å²) >= 11 is 6.62. The van der Waals surface area contributed by atoms with Crippen LogP contribution in [-0.2, 0) is 16.1 Å². The first-order valence-corrected chi connectivity index (χ1v) is 8.86. The highest BCUT2D eigenvalue weighted by molar-refractivity contribution is 6.35. The van der Waals surface area contributed by atoms with Crippen LogP contribution in [0.3, 0.4) is 0 Å². The van der Waals surface area contributed by atoms with E-state index in [-0.39, 0.29) is 18.2 Å². The molecule has 4 rings (SSSR count). The molecular formula is C17H19ClN4O3. The average molecular weight is 363 g/mol. The van der Waals surface area contributed by atoms with E-state index in [0.717, 1.165) is 37.4 Å². The highest BCUT2D eigenvalue weighted by atomic mass is 35.5. The van der Waals surface area contributed by atoms with Crippen LogP contribution in [-0.4, -0.2) is 54.8 Å². The molecule has 2 saturated heterocycles. The van der Waals surface area contributed by atoms with Crippen LogP contribution in [0.5, 0.6) is 0 Å². The highest BCUT2D eigenvalue weighted by Gasteiger charge is 2.40. The SMILES string of the molecule is O=C1CCC(N2Cc3c(ccc(N4CCNCC4)c3Cl)C2=O)C(=O)N1. The molecule has 8 heteroatoms. The molecule has 25 heavy (non-hydrogen) atoms. The van der Waals surface area contributed by atoms with Crippen molar-refractivity contribution in [2.75, 3.05) is 31.1 Å². The van der Waals surface area contributed by atoms with Crippen molar-refractivity contribution in [2.24, 2.45) is 0 Å². The number of hydrogen-bond acceptors (Lipinski definition) is 5. The first kappa shape index (κ1) is 16.4. The Balaban J connectivity index is 1.61. The van der Waals surface area contributed by atoms with Gasteiger partial charge in [0.15, 0.2) is 0 Å². The van der Waals surface area contributed by atoms with Crippen LogP contribution in [0.2, 0.25) is 5.02 Å². The number of fused-ring (bicyclic) bond motifs is 1. The van der Waals surface area contributed by atoms with Gasteiger partial charge in [0.1, 0.15) is 6.04 Å². The summed E-state index contributed by atoms with van der Waals surface area (Å²) < 4.78 is 0. The van der Waals surface area contributed by atoms with Crippen molar-refractivity contribution in [1.82, 2.24) is 15.5 Å². The molecule has 0 aliphatic carbocycles. The maximum atomic E-state index is 12.7. The number of nitrogens with zero attached hydrogens (tertiary/aromatic N) is 2. The molecule has 1 aromatic carbocycles. The molecule has 1 aromatic rings. The van der Waals surface area contributed by atoms with Gasteiger partial charge in [0.05, 0.1) is 10.7 Å². The monoisotopic (exact) mass is 362 g/mol. The number of nitrogens with one attached hydrogen (secondary N) is 2. The van der Waals surface area contributed by atoms with Crippen LogP contribution in [0.1, 0.15) is 28.8 Å². The maximum absolute atomic E-state index is 12.7. The third kappa shape index (κ3) is 2.77. The van der Waals surface area contributed by atoms with Gasteiger partial charge >= 0.3 is 0 Å². The Bertz CT molecular complexity index is 761. The van der Waals surface area contributed by atoms with E-state index in [0.29, 0.717) is 23.6 Å². The van der Waals surface area contributed by atoms with Gasteiger partial charge in [-0.2, -0.15) is 0 Å². The maximum Gasteiger partial charge on any atom is 0.255 e. The van der Waals surface area contributed by atoms with E-state index in [1.165, 1.54) is 4.90 Å². The largest absolute Gasteiger partial charge is 0.368 e. The second-order valence-electron chi connectivity index (χ2n) is 6.56. The first-order valence-electron chi connectivity index (χ1n) is 8.48. The molecule has 0 spiro atoms. The third-order valence-corrected chi connectivity index (χ3v) is 5.51. The zero-order chi connectivity index (χ0) is 17.6. The van der Waals surface area contributed by atoms with Crippen LogP contribution >= 0.6 is 11.6 Å². The lowest BCUT2D eigenvalue weighted by Crippen LogP contribution is -2.52. The minimum Gasteiger partial charge on any atom is -0.368 e. The number of piperidine rings is 1. The van der Waals surface area contributed by atoms with E-state index in [1.807, 2.05) is 6.07 Å². The third-order valence-electron chi connectivity index (χ3n) is 5.09. The van der Waals surface area contributed by atoms with E-state index < -0.39 is 11.9 Å². The molecule has 132 valence electrons. The van der Waals surface area contributed by atoms with E-state index in [4.69, 9.17) is 11.6 Å². The first-order chi connectivity index (χ1) is 12.1. The molecule has 3 aliphatic rings. The van der Waals surface area contributed by atoms with Gasteiger partial charge in [-0.25, -0.2) is 0 Å². The van der Waals surface area contributed by atoms with E-state index in [9.17, 15) is 14.4 Å². The molecule has 0 bridgehead atoms. The number of carbonyl (C=O) groups excluding carboxylic acids is 3. The van der Waals surface area contributed by atoms with Gasteiger partial charge < -0.3 is 15.1 Å². The van der Waals surface area contributed by atoms with Gasteiger partial charge in [-0.3, -0.25) is 19.7 Å². The predicted octanol–water partition coefficient (Wildman–Crippen LogP) is 0.511. The second kappa shape index (κ2) is 6.31. The van der Waals surface area contributed by atoms with Crippen molar-refractivity contribution in [3.63, 3.8) is 0 Å². The topological polar surface area (TPSA) is 81.8 Å². The summed E-state index contributed by atoms with van der Waals surface area (Å²) in [6, 6.07) is 3.07. The smallest absolute Gasteiger partial charge is 0.255 e. The molecule has 7 nitrogen and oxygen atoms in total. The zero-order valence-electron chi connectivity index (χ0n) is 13.7. The number of anilines is 1. The molecule has 0 saturated carbocycles. The Kier molecular flexibility index (Phi) is 4.13. The summed E-state index contributed by atoms with van der Waals surface area (Å²) in [7, 11) is 0. The molecule has 1 atom stereocenters. The summed E-state index contributed by atoms with van der Waals surface area (Å²) in [5.41, 5.74) is 2.25. The average Bonchev–Trinajstić information content (AvgIpc) is 2.94. The van der Waals surface area contributed by atoms with Crippen molar-refractivity contribution < 1.29 is 14.4 Å². The van der Waals surface area contributed by atoms with Crippen molar-refractivity contribution in [3.05, 3.63) is 28.3 Å². The summed E-state index contributed by atoms with van der Waals surface area (Å²) in [4.78, 5) is 39.9. The summed E-state index contributed by atoms with van der Waals surface area (Å²) in [6.07, 6.45) is 0.600. The molecule has 1 unspecified atom stereocenters. The molecule has 3 heterocycles. The Hall–Kier alpha value is -2.12. The van der Waals surface area contributed by atoms with Crippen LogP contribution in [0.25, 0.3) is 0 Å². The minimum atomic E-state index is -0.615.